The monoisotopic (exact) mass is 438 g/mol. The summed E-state index contributed by atoms with van der Waals surface area (Å²) in [6.45, 7) is 6.19. The molecule has 0 aromatic heterocycles. The molecule has 3 rings (SSSR count). The zero-order valence-corrected chi connectivity index (χ0v) is 18.6. The highest BCUT2D eigenvalue weighted by Crippen LogP contribution is 2.22. The molecule has 0 saturated carbocycles. The van der Waals surface area contributed by atoms with Crippen molar-refractivity contribution in [3.8, 4) is 5.75 Å². The number of carbonyl (C=O) groups excluding carboxylic acids is 1. The van der Waals surface area contributed by atoms with Crippen LogP contribution >= 0.6 is 0 Å². The Morgan fingerprint density at radius 1 is 0.871 bits per heavy atom. The van der Waals surface area contributed by atoms with E-state index in [0.29, 0.717) is 24.4 Å². The van der Waals surface area contributed by atoms with E-state index in [4.69, 9.17) is 4.74 Å². The second kappa shape index (κ2) is 9.66. The maximum atomic E-state index is 12.9. The van der Waals surface area contributed by atoms with E-state index in [-0.39, 0.29) is 16.4 Å². The summed E-state index contributed by atoms with van der Waals surface area (Å²) in [5.74, 6) is 0.358. The fraction of sp³-hybridized carbons (Fsp3) is 0.208. The summed E-state index contributed by atoms with van der Waals surface area (Å²) in [5, 5.41) is 2.75. The van der Waals surface area contributed by atoms with Crippen LogP contribution in [-0.2, 0) is 10.0 Å². The maximum Gasteiger partial charge on any atom is 0.262 e. The molecule has 7 heteroatoms. The summed E-state index contributed by atoms with van der Waals surface area (Å²) in [6.07, 6.45) is 0. The molecule has 31 heavy (non-hydrogen) atoms. The quantitative estimate of drug-likeness (QED) is 0.516. The van der Waals surface area contributed by atoms with E-state index in [9.17, 15) is 13.2 Å². The van der Waals surface area contributed by atoms with Gasteiger partial charge in [0, 0.05) is 11.3 Å². The number of carbonyl (C=O) groups is 1. The van der Waals surface area contributed by atoms with Crippen molar-refractivity contribution in [2.45, 2.75) is 25.7 Å². The lowest BCUT2D eigenvalue weighted by Gasteiger charge is -2.13. The summed E-state index contributed by atoms with van der Waals surface area (Å²) in [5.41, 5.74) is 3.37. The van der Waals surface area contributed by atoms with Gasteiger partial charge in [-0.05, 0) is 73.9 Å². The molecule has 0 aliphatic rings. The molecule has 3 aromatic rings. The predicted octanol–water partition coefficient (Wildman–Crippen LogP) is 4.22. The molecule has 0 heterocycles. The molecule has 0 bridgehead atoms. The molecule has 6 nitrogen and oxygen atoms in total. The lowest BCUT2D eigenvalue weighted by molar-refractivity contribution is 0.0946. The minimum atomic E-state index is -3.85. The number of rotatable bonds is 8. The van der Waals surface area contributed by atoms with Gasteiger partial charge < -0.3 is 10.1 Å². The first-order chi connectivity index (χ1) is 14.8. The average Bonchev–Trinajstić information content (AvgIpc) is 2.74. The van der Waals surface area contributed by atoms with Gasteiger partial charge in [-0.1, -0.05) is 30.3 Å². The fourth-order valence-electron chi connectivity index (χ4n) is 3.00. The highest BCUT2D eigenvalue weighted by Gasteiger charge is 2.19. The minimum absolute atomic E-state index is 0.0684. The molecule has 0 fully saturated rings. The van der Waals surface area contributed by atoms with Gasteiger partial charge in [0.1, 0.15) is 12.4 Å². The van der Waals surface area contributed by atoms with Crippen LogP contribution in [0.4, 0.5) is 5.69 Å². The van der Waals surface area contributed by atoms with E-state index >= 15 is 0 Å². The smallest absolute Gasteiger partial charge is 0.262 e. The summed E-state index contributed by atoms with van der Waals surface area (Å²) >= 11 is 0. The zero-order chi connectivity index (χ0) is 22.4. The Labute approximate surface area is 183 Å². The zero-order valence-electron chi connectivity index (χ0n) is 17.8. The molecule has 1 amide bonds. The van der Waals surface area contributed by atoms with Crippen molar-refractivity contribution < 1.29 is 17.9 Å². The third-order valence-corrected chi connectivity index (χ3v) is 6.42. The van der Waals surface area contributed by atoms with Crippen molar-refractivity contribution in [1.82, 2.24) is 5.32 Å². The second-order valence-corrected chi connectivity index (χ2v) is 8.95. The Balaban J connectivity index is 1.68. The van der Waals surface area contributed by atoms with Crippen LogP contribution in [0.25, 0.3) is 0 Å². The van der Waals surface area contributed by atoms with Crippen molar-refractivity contribution in [1.29, 1.82) is 0 Å². The van der Waals surface area contributed by atoms with Crippen molar-refractivity contribution >= 4 is 21.6 Å². The van der Waals surface area contributed by atoms with E-state index in [1.807, 2.05) is 50.2 Å². The van der Waals surface area contributed by atoms with Gasteiger partial charge in [-0.3, -0.25) is 9.52 Å². The molecule has 0 spiro atoms. The molecule has 0 saturated heterocycles. The van der Waals surface area contributed by atoms with Gasteiger partial charge in [0.15, 0.2) is 0 Å². The van der Waals surface area contributed by atoms with Crippen LogP contribution in [0.3, 0.4) is 0 Å². The number of ether oxygens (including phenoxy) is 1. The number of aryl methyl sites for hydroxylation is 3. The van der Waals surface area contributed by atoms with Gasteiger partial charge >= 0.3 is 0 Å². The number of sulfonamides is 1. The summed E-state index contributed by atoms with van der Waals surface area (Å²) in [6, 6.07) is 19.3. The third-order valence-electron chi connectivity index (χ3n) is 4.90. The van der Waals surface area contributed by atoms with Crippen molar-refractivity contribution in [3.05, 3.63) is 89.0 Å². The number of hydrogen-bond donors (Lipinski definition) is 2. The fourth-order valence-corrected chi connectivity index (χ4v) is 4.32. The highest BCUT2D eigenvalue weighted by molar-refractivity contribution is 7.92. The van der Waals surface area contributed by atoms with Crippen molar-refractivity contribution in [2.75, 3.05) is 17.9 Å². The van der Waals surface area contributed by atoms with Gasteiger partial charge in [0.05, 0.1) is 11.4 Å². The molecule has 162 valence electrons. The van der Waals surface area contributed by atoms with Crippen LogP contribution in [0.1, 0.15) is 27.0 Å². The summed E-state index contributed by atoms with van der Waals surface area (Å²) in [7, 11) is -3.85. The molecule has 0 radical (unpaired) electrons. The van der Waals surface area contributed by atoms with E-state index in [1.165, 1.54) is 6.07 Å². The van der Waals surface area contributed by atoms with E-state index in [0.717, 1.165) is 16.9 Å². The summed E-state index contributed by atoms with van der Waals surface area (Å²) < 4.78 is 34.0. The number of hydrogen-bond acceptors (Lipinski definition) is 4. The molecule has 2 N–H and O–H groups in total. The number of benzene rings is 3. The van der Waals surface area contributed by atoms with Crippen molar-refractivity contribution in [2.24, 2.45) is 0 Å². The Kier molecular flexibility index (Phi) is 6.97. The van der Waals surface area contributed by atoms with Crippen LogP contribution < -0.4 is 14.8 Å². The second-order valence-electron chi connectivity index (χ2n) is 7.30. The predicted molar refractivity (Wildman–Crippen MR) is 122 cm³/mol. The Morgan fingerprint density at radius 3 is 2.29 bits per heavy atom. The molecule has 0 aliphatic heterocycles. The van der Waals surface area contributed by atoms with Gasteiger partial charge in [-0.2, -0.15) is 0 Å². The molecular formula is C24H26N2O4S. The minimum Gasteiger partial charge on any atom is -0.492 e. The molecule has 3 aromatic carbocycles. The van der Waals surface area contributed by atoms with E-state index in [2.05, 4.69) is 10.0 Å². The summed E-state index contributed by atoms with van der Waals surface area (Å²) in [4.78, 5) is 12.6. The van der Waals surface area contributed by atoms with Crippen LogP contribution in [-0.4, -0.2) is 27.5 Å². The van der Waals surface area contributed by atoms with Crippen LogP contribution in [0.2, 0.25) is 0 Å². The van der Waals surface area contributed by atoms with Gasteiger partial charge in [-0.25, -0.2) is 8.42 Å². The van der Waals surface area contributed by atoms with Gasteiger partial charge in [-0.15, -0.1) is 0 Å². The lowest BCUT2D eigenvalue weighted by atomic mass is 10.1. The first-order valence-electron chi connectivity index (χ1n) is 9.93. The molecule has 0 aliphatic carbocycles. The van der Waals surface area contributed by atoms with Crippen LogP contribution in [0.15, 0.2) is 71.6 Å². The van der Waals surface area contributed by atoms with Crippen LogP contribution in [0, 0.1) is 20.8 Å². The Bertz CT molecular complexity index is 1180. The largest absolute Gasteiger partial charge is 0.492 e. The Morgan fingerprint density at radius 2 is 1.58 bits per heavy atom. The molecule has 0 atom stereocenters. The van der Waals surface area contributed by atoms with Crippen LogP contribution in [0.5, 0.6) is 5.75 Å². The average molecular weight is 439 g/mol. The first-order valence-corrected chi connectivity index (χ1v) is 11.4. The van der Waals surface area contributed by atoms with E-state index in [1.54, 1.807) is 31.2 Å². The standard InChI is InChI=1S/C24H26N2O4S/c1-17-10-12-21(15-19(17)3)26-31(28,29)23-16-20(11-9-18(23)2)24(27)25-13-14-30-22-7-5-4-6-8-22/h4-12,15-16,26H,13-14H2,1-3H3,(H,25,27). The highest BCUT2D eigenvalue weighted by atomic mass is 32.2. The Hall–Kier alpha value is -3.32. The first kappa shape index (κ1) is 22.4. The third kappa shape index (κ3) is 5.86. The maximum absolute atomic E-state index is 12.9. The lowest BCUT2D eigenvalue weighted by Crippen LogP contribution is -2.28. The molecular weight excluding hydrogens is 412 g/mol. The van der Waals surface area contributed by atoms with Crippen molar-refractivity contribution in [3.63, 3.8) is 0 Å². The number of anilines is 1. The van der Waals surface area contributed by atoms with Gasteiger partial charge in [0.25, 0.3) is 15.9 Å². The number of nitrogens with one attached hydrogen (secondary N) is 2. The molecule has 0 unspecified atom stereocenters. The normalized spacial score (nSPS) is 11.1. The number of amides is 1. The SMILES string of the molecule is Cc1ccc(NS(=O)(=O)c2cc(C(=O)NCCOc3ccccc3)ccc2C)cc1C. The van der Waals surface area contributed by atoms with E-state index < -0.39 is 10.0 Å². The topological polar surface area (TPSA) is 84.5 Å². The number of para-hydroxylation sites is 1. The van der Waals surface area contributed by atoms with Gasteiger partial charge in [0.2, 0.25) is 0 Å².